The van der Waals surface area contributed by atoms with Crippen molar-refractivity contribution in [3.05, 3.63) is 29.6 Å². The summed E-state index contributed by atoms with van der Waals surface area (Å²) in [5.74, 6) is -3.06. The van der Waals surface area contributed by atoms with Crippen molar-refractivity contribution in [1.29, 1.82) is 0 Å². The molecule has 0 aromatic heterocycles. The molecule has 1 rings (SSSR count). The Kier molecular flexibility index (Phi) is 3.38. The number of aliphatic carboxylic acids is 1. The van der Waals surface area contributed by atoms with Gasteiger partial charge in [0, 0.05) is 6.42 Å². The first kappa shape index (κ1) is 11.2. The topological polar surface area (TPSA) is 63.6 Å². The van der Waals surface area contributed by atoms with Crippen LogP contribution in [0.5, 0.6) is 5.75 Å². The van der Waals surface area contributed by atoms with Crippen LogP contribution in [0.4, 0.5) is 4.39 Å². The van der Waals surface area contributed by atoms with E-state index in [1.165, 1.54) is 19.2 Å². The van der Waals surface area contributed by atoms with Crippen molar-refractivity contribution in [2.24, 2.45) is 0 Å². The molecule has 0 unspecified atom stereocenters. The van der Waals surface area contributed by atoms with E-state index < -0.39 is 17.6 Å². The van der Waals surface area contributed by atoms with E-state index in [0.29, 0.717) is 5.56 Å². The zero-order valence-electron chi connectivity index (χ0n) is 7.99. The molecule has 15 heavy (non-hydrogen) atoms. The third-order valence-corrected chi connectivity index (χ3v) is 1.82. The first-order chi connectivity index (χ1) is 7.04. The molecule has 0 amide bonds. The zero-order chi connectivity index (χ0) is 11.4. The minimum absolute atomic E-state index is 0.0570. The molecule has 0 heterocycles. The number of ether oxygens (including phenoxy) is 1. The van der Waals surface area contributed by atoms with E-state index in [1.807, 2.05) is 0 Å². The molecule has 0 bridgehead atoms. The summed E-state index contributed by atoms with van der Waals surface area (Å²) in [6.45, 7) is 0. The fourth-order valence-corrected chi connectivity index (χ4v) is 1.08. The first-order valence-electron chi connectivity index (χ1n) is 4.13. The number of Topliss-reactive ketones (excluding diaryl/α,β-unsaturated/α-hetero) is 1. The van der Waals surface area contributed by atoms with E-state index in [1.54, 1.807) is 0 Å². The highest BCUT2D eigenvalue weighted by atomic mass is 19.1. The fourth-order valence-electron chi connectivity index (χ4n) is 1.08. The Balaban J connectivity index is 2.84. The summed E-state index contributed by atoms with van der Waals surface area (Å²) < 4.78 is 17.8. The minimum atomic E-state index is -1.52. The third kappa shape index (κ3) is 2.77. The second kappa shape index (κ2) is 4.54. The van der Waals surface area contributed by atoms with Crippen LogP contribution >= 0.6 is 0 Å². The Morgan fingerprint density at radius 2 is 2.13 bits per heavy atom. The SMILES string of the molecule is COc1ccc(CC(=O)C(=O)O)cc1F. The first-order valence-corrected chi connectivity index (χ1v) is 4.13. The van der Waals surface area contributed by atoms with Gasteiger partial charge in [-0.1, -0.05) is 6.07 Å². The average Bonchev–Trinajstić information content (AvgIpc) is 2.18. The Morgan fingerprint density at radius 1 is 1.47 bits per heavy atom. The lowest BCUT2D eigenvalue weighted by Gasteiger charge is -2.03. The number of carboxylic acid groups (broad SMARTS) is 1. The summed E-state index contributed by atoms with van der Waals surface area (Å²) in [5, 5.41) is 8.35. The third-order valence-electron chi connectivity index (χ3n) is 1.82. The van der Waals surface area contributed by atoms with Crippen molar-refractivity contribution in [1.82, 2.24) is 0 Å². The predicted octanol–water partition coefficient (Wildman–Crippen LogP) is 1.03. The maximum absolute atomic E-state index is 13.1. The van der Waals surface area contributed by atoms with Gasteiger partial charge in [-0.15, -0.1) is 0 Å². The van der Waals surface area contributed by atoms with Crippen molar-refractivity contribution >= 4 is 11.8 Å². The zero-order valence-corrected chi connectivity index (χ0v) is 7.99. The molecule has 0 spiro atoms. The summed E-state index contributed by atoms with van der Waals surface area (Å²) in [6.07, 6.45) is -0.323. The molecule has 0 aliphatic rings. The molecule has 0 saturated heterocycles. The van der Waals surface area contributed by atoms with Crippen molar-refractivity contribution in [3.63, 3.8) is 0 Å². The van der Waals surface area contributed by atoms with E-state index in [4.69, 9.17) is 5.11 Å². The number of rotatable bonds is 4. The minimum Gasteiger partial charge on any atom is -0.494 e. The van der Waals surface area contributed by atoms with Gasteiger partial charge in [-0.2, -0.15) is 0 Å². The van der Waals surface area contributed by atoms with E-state index >= 15 is 0 Å². The largest absolute Gasteiger partial charge is 0.494 e. The number of carbonyl (C=O) groups excluding carboxylic acids is 1. The molecule has 0 saturated carbocycles. The normalized spacial score (nSPS) is 9.73. The van der Waals surface area contributed by atoms with Gasteiger partial charge in [0.05, 0.1) is 7.11 Å². The number of benzene rings is 1. The molecule has 1 aromatic rings. The van der Waals surface area contributed by atoms with Gasteiger partial charge in [0.15, 0.2) is 11.6 Å². The summed E-state index contributed by atoms with van der Waals surface area (Å²) in [6, 6.07) is 3.88. The molecule has 0 fully saturated rings. The monoisotopic (exact) mass is 212 g/mol. The highest BCUT2D eigenvalue weighted by molar-refractivity contribution is 6.33. The Labute approximate surface area is 85.3 Å². The smallest absolute Gasteiger partial charge is 0.372 e. The van der Waals surface area contributed by atoms with E-state index in [-0.39, 0.29) is 12.2 Å². The lowest BCUT2D eigenvalue weighted by molar-refractivity contribution is -0.148. The molecule has 5 heteroatoms. The Hall–Kier alpha value is -1.91. The van der Waals surface area contributed by atoms with Crippen LogP contribution in [-0.2, 0) is 16.0 Å². The van der Waals surface area contributed by atoms with Crippen molar-refractivity contribution < 1.29 is 23.8 Å². The van der Waals surface area contributed by atoms with Crippen LogP contribution in [-0.4, -0.2) is 24.0 Å². The molecule has 80 valence electrons. The molecule has 1 aromatic carbocycles. The predicted molar refractivity (Wildman–Crippen MR) is 49.3 cm³/mol. The van der Waals surface area contributed by atoms with Gasteiger partial charge in [-0.25, -0.2) is 9.18 Å². The lowest BCUT2D eigenvalue weighted by Crippen LogP contribution is -2.15. The fraction of sp³-hybridized carbons (Fsp3) is 0.200. The second-order valence-electron chi connectivity index (χ2n) is 2.87. The van der Waals surface area contributed by atoms with Gasteiger partial charge >= 0.3 is 5.97 Å². The van der Waals surface area contributed by atoms with Gasteiger partial charge < -0.3 is 9.84 Å². The van der Waals surface area contributed by atoms with Gasteiger partial charge in [0.1, 0.15) is 0 Å². The maximum Gasteiger partial charge on any atom is 0.372 e. The Morgan fingerprint density at radius 3 is 2.60 bits per heavy atom. The summed E-state index contributed by atoms with van der Waals surface area (Å²) >= 11 is 0. The average molecular weight is 212 g/mol. The lowest BCUT2D eigenvalue weighted by atomic mass is 10.1. The molecule has 0 aliphatic heterocycles. The second-order valence-corrected chi connectivity index (χ2v) is 2.87. The molecular weight excluding hydrogens is 203 g/mol. The van der Waals surface area contributed by atoms with Crippen molar-refractivity contribution in [2.75, 3.05) is 7.11 Å². The summed E-state index contributed by atoms with van der Waals surface area (Å²) in [4.78, 5) is 21.1. The van der Waals surface area contributed by atoms with Crippen LogP contribution in [0.25, 0.3) is 0 Å². The highest BCUT2D eigenvalue weighted by Gasteiger charge is 2.13. The number of hydrogen-bond acceptors (Lipinski definition) is 3. The van der Waals surface area contributed by atoms with E-state index in [0.717, 1.165) is 6.07 Å². The van der Waals surface area contributed by atoms with Crippen molar-refractivity contribution in [2.45, 2.75) is 6.42 Å². The van der Waals surface area contributed by atoms with Crippen LogP contribution in [0.1, 0.15) is 5.56 Å². The van der Waals surface area contributed by atoms with Crippen LogP contribution in [0.3, 0.4) is 0 Å². The molecular formula is C10H9FO4. The molecule has 1 N–H and O–H groups in total. The van der Waals surface area contributed by atoms with Gasteiger partial charge in [0.25, 0.3) is 0 Å². The van der Waals surface area contributed by atoms with Crippen LogP contribution in [0.15, 0.2) is 18.2 Å². The molecule has 0 atom stereocenters. The van der Waals surface area contributed by atoms with E-state index in [2.05, 4.69) is 4.74 Å². The number of halogens is 1. The van der Waals surface area contributed by atoms with Crippen LogP contribution in [0, 0.1) is 5.82 Å². The van der Waals surface area contributed by atoms with Crippen LogP contribution < -0.4 is 4.74 Å². The van der Waals surface area contributed by atoms with E-state index in [9.17, 15) is 14.0 Å². The molecule has 0 aliphatic carbocycles. The number of ketones is 1. The molecule has 0 radical (unpaired) electrons. The highest BCUT2D eigenvalue weighted by Crippen LogP contribution is 2.17. The molecule has 4 nitrogen and oxygen atoms in total. The van der Waals surface area contributed by atoms with Crippen molar-refractivity contribution in [3.8, 4) is 5.75 Å². The number of hydrogen-bond donors (Lipinski definition) is 1. The number of carboxylic acids is 1. The quantitative estimate of drug-likeness (QED) is 0.757. The summed E-state index contributed by atoms with van der Waals surface area (Å²) in [5.41, 5.74) is 0.306. The number of carbonyl (C=O) groups is 2. The number of methoxy groups -OCH3 is 1. The Bertz CT molecular complexity index is 400. The van der Waals surface area contributed by atoms with Crippen LogP contribution in [0.2, 0.25) is 0 Å². The standard InChI is InChI=1S/C10H9FO4/c1-15-9-3-2-6(4-7(9)11)5-8(12)10(13)14/h2-4H,5H2,1H3,(H,13,14). The van der Waals surface area contributed by atoms with Gasteiger partial charge in [-0.3, -0.25) is 4.79 Å². The maximum atomic E-state index is 13.1. The summed E-state index contributed by atoms with van der Waals surface area (Å²) in [7, 11) is 1.32. The van der Waals surface area contributed by atoms with Gasteiger partial charge in [0.2, 0.25) is 5.78 Å². The van der Waals surface area contributed by atoms with Gasteiger partial charge in [-0.05, 0) is 17.7 Å².